The van der Waals surface area contributed by atoms with Crippen LogP contribution in [0.2, 0.25) is 0 Å². The molecule has 0 spiro atoms. The van der Waals surface area contributed by atoms with Crippen LogP contribution < -0.4 is 5.32 Å². The van der Waals surface area contributed by atoms with Crippen LogP contribution in [0, 0.1) is 6.92 Å². The zero-order valence-electron chi connectivity index (χ0n) is 16.8. The number of fused-ring (bicyclic) bond motifs is 3. The van der Waals surface area contributed by atoms with Crippen molar-refractivity contribution in [1.82, 2.24) is 20.0 Å². The Morgan fingerprint density at radius 1 is 1.24 bits per heavy atom. The maximum atomic E-state index is 13.2. The fourth-order valence-corrected chi connectivity index (χ4v) is 5.91. The molecule has 29 heavy (non-hydrogen) atoms. The van der Waals surface area contributed by atoms with E-state index in [9.17, 15) is 4.79 Å². The summed E-state index contributed by atoms with van der Waals surface area (Å²) in [5, 5.41) is 9.46. The third-order valence-corrected chi connectivity index (χ3v) is 7.45. The number of carbonyl (C=O) groups excluding carboxylic acids is 1. The Kier molecular flexibility index (Phi) is 5.69. The van der Waals surface area contributed by atoms with Gasteiger partial charge in [-0.15, -0.1) is 23.7 Å². The van der Waals surface area contributed by atoms with E-state index in [1.165, 1.54) is 18.4 Å². The summed E-state index contributed by atoms with van der Waals surface area (Å²) in [7, 11) is 1.98. The summed E-state index contributed by atoms with van der Waals surface area (Å²) in [6.07, 6.45) is 4.65. The summed E-state index contributed by atoms with van der Waals surface area (Å²) >= 11 is 1.58. The second kappa shape index (κ2) is 8.09. The minimum Gasteiger partial charge on any atom is -0.338 e. The van der Waals surface area contributed by atoms with Crippen molar-refractivity contribution >= 4 is 39.9 Å². The highest BCUT2D eigenvalue weighted by Gasteiger charge is 2.36. The summed E-state index contributed by atoms with van der Waals surface area (Å²) < 4.78 is 2.03. The Labute approximate surface area is 181 Å². The van der Waals surface area contributed by atoms with Crippen LogP contribution in [0.3, 0.4) is 0 Å². The number of thiophene rings is 1. The second-order valence-electron chi connectivity index (χ2n) is 8.24. The van der Waals surface area contributed by atoms with Gasteiger partial charge in [-0.2, -0.15) is 5.10 Å². The maximum Gasteiger partial charge on any atom is 0.264 e. The van der Waals surface area contributed by atoms with E-state index in [4.69, 9.17) is 5.10 Å². The van der Waals surface area contributed by atoms with Crippen molar-refractivity contribution in [2.75, 3.05) is 7.05 Å². The first kappa shape index (κ1) is 20.4. The smallest absolute Gasteiger partial charge is 0.264 e. The van der Waals surface area contributed by atoms with Gasteiger partial charge in [-0.25, -0.2) is 0 Å². The van der Waals surface area contributed by atoms with Crippen molar-refractivity contribution in [1.29, 1.82) is 0 Å². The molecule has 1 aromatic carbocycles. The van der Waals surface area contributed by atoms with Gasteiger partial charge in [0.05, 0.1) is 17.1 Å². The van der Waals surface area contributed by atoms with Crippen LogP contribution in [0.15, 0.2) is 36.4 Å². The molecule has 2 fully saturated rings. The van der Waals surface area contributed by atoms with Crippen molar-refractivity contribution in [3.8, 4) is 0 Å². The molecule has 2 saturated heterocycles. The van der Waals surface area contributed by atoms with E-state index < -0.39 is 0 Å². The van der Waals surface area contributed by atoms with Gasteiger partial charge in [0.2, 0.25) is 0 Å². The van der Waals surface area contributed by atoms with E-state index in [-0.39, 0.29) is 18.3 Å². The molecule has 154 valence electrons. The molecule has 0 saturated carbocycles. The largest absolute Gasteiger partial charge is 0.338 e. The van der Waals surface area contributed by atoms with Gasteiger partial charge < -0.3 is 10.2 Å². The van der Waals surface area contributed by atoms with Crippen LogP contribution in [0.1, 0.15) is 46.6 Å². The summed E-state index contributed by atoms with van der Waals surface area (Å²) in [5.74, 6) is 0.151. The minimum absolute atomic E-state index is 0. The van der Waals surface area contributed by atoms with Crippen LogP contribution in [-0.2, 0) is 6.54 Å². The average molecular weight is 431 g/mol. The Bertz CT molecular complexity index is 1000. The molecule has 4 heterocycles. The quantitative estimate of drug-likeness (QED) is 0.673. The molecule has 1 amide bonds. The molecule has 0 aliphatic carbocycles. The van der Waals surface area contributed by atoms with Crippen molar-refractivity contribution in [3.63, 3.8) is 0 Å². The summed E-state index contributed by atoms with van der Waals surface area (Å²) in [5.41, 5.74) is 2.21. The molecular weight excluding hydrogens is 404 g/mol. The Hall–Kier alpha value is -1.89. The normalized spacial score (nSPS) is 23.2. The van der Waals surface area contributed by atoms with Crippen LogP contribution in [0.4, 0.5) is 0 Å². The SMILES string of the molecule is Cc1nn(Cc2ccccc2)c2sc(C(=O)N(C)C3CC4CCC(C3)N4)cc12.Cl. The van der Waals surface area contributed by atoms with Crippen LogP contribution in [0.25, 0.3) is 10.2 Å². The highest BCUT2D eigenvalue weighted by molar-refractivity contribution is 7.20. The number of rotatable bonds is 4. The van der Waals surface area contributed by atoms with E-state index >= 15 is 0 Å². The lowest BCUT2D eigenvalue weighted by Crippen LogP contribution is -2.48. The fraction of sp³-hybridized carbons (Fsp3) is 0.455. The minimum atomic E-state index is 0. The van der Waals surface area contributed by atoms with Crippen molar-refractivity contribution in [2.45, 2.75) is 57.3 Å². The highest BCUT2D eigenvalue weighted by Crippen LogP contribution is 2.33. The molecule has 1 N–H and O–H groups in total. The van der Waals surface area contributed by atoms with Gasteiger partial charge in [-0.05, 0) is 44.2 Å². The summed E-state index contributed by atoms with van der Waals surface area (Å²) in [6.45, 7) is 2.76. The molecule has 2 aliphatic heterocycles. The number of nitrogens with zero attached hydrogens (tertiary/aromatic N) is 3. The molecule has 2 aromatic heterocycles. The molecule has 5 nitrogen and oxygen atoms in total. The Balaban J connectivity index is 0.00000205. The number of aromatic nitrogens is 2. The van der Waals surface area contributed by atoms with Gasteiger partial charge in [-0.1, -0.05) is 30.3 Å². The first-order valence-corrected chi connectivity index (χ1v) is 10.9. The lowest BCUT2D eigenvalue weighted by atomic mass is 9.98. The number of nitrogens with one attached hydrogen (secondary N) is 1. The van der Waals surface area contributed by atoms with E-state index in [1.54, 1.807) is 11.3 Å². The molecular formula is C22H27ClN4OS. The van der Waals surface area contributed by atoms with Gasteiger partial charge in [0.15, 0.2) is 0 Å². The number of amides is 1. The molecule has 7 heteroatoms. The van der Waals surface area contributed by atoms with Crippen molar-refractivity contribution < 1.29 is 4.79 Å². The third-order valence-electron chi connectivity index (χ3n) is 6.31. The zero-order valence-corrected chi connectivity index (χ0v) is 18.4. The fourth-order valence-electron chi connectivity index (χ4n) is 4.76. The third kappa shape index (κ3) is 3.81. The lowest BCUT2D eigenvalue weighted by Gasteiger charge is -2.35. The number of aryl methyl sites for hydroxylation is 1. The molecule has 2 atom stereocenters. The Morgan fingerprint density at radius 2 is 1.93 bits per heavy atom. The first-order valence-electron chi connectivity index (χ1n) is 10.1. The van der Waals surface area contributed by atoms with Crippen LogP contribution in [-0.4, -0.2) is 45.8 Å². The number of carbonyl (C=O) groups is 1. The van der Waals surface area contributed by atoms with E-state index in [2.05, 4.69) is 17.4 Å². The summed E-state index contributed by atoms with van der Waals surface area (Å²) in [4.78, 5) is 17.1. The van der Waals surface area contributed by atoms with Gasteiger partial charge in [0.25, 0.3) is 5.91 Å². The Morgan fingerprint density at radius 3 is 2.62 bits per heavy atom. The molecule has 3 aromatic rings. The molecule has 2 aliphatic rings. The molecule has 5 rings (SSSR count). The molecule has 2 unspecified atom stereocenters. The zero-order chi connectivity index (χ0) is 19.3. The second-order valence-corrected chi connectivity index (χ2v) is 9.27. The maximum absolute atomic E-state index is 13.2. The molecule has 2 bridgehead atoms. The van der Waals surface area contributed by atoms with Crippen LogP contribution in [0.5, 0.6) is 0 Å². The standard InChI is InChI=1S/C22H26N4OS.ClH/c1-14-19-12-20(21(27)25(2)18-10-16-8-9-17(11-18)23-16)28-22(19)26(24-14)13-15-6-4-3-5-7-15;/h3-7,12,16-18,23H,8-11,13H2,1-2H3;1H. The molecule has 0 radical (unpaired) electrons. The van der Waals surface area contributed by atoms with E-state index in [0.29, 0.717) is 18.1 Å². The number of piperidine rings is 1. The number of benzene rings is 1. The number of hydrogen-bond acceptors (Lipinski definition) is 4. The number of halogens is 1. The predicted octanol–water partition coefficient (Wildman–Crippen LogP) is 4.23. The van der Waals surface area contributed by atoms with E-state index in [0.717, 1.165) is 40.2 Å². The van der Waals surface area contributed by atoms with Crippen molar-refractivity contribution in [3.05, 3.63) is 52.5 Å². The highest BCUT2D eigenvalue weighted by atomic mass is 35.5. The number of hydrogen-bond donors (Lipinski definition) is 1. The van der Waals surface area contributed by atoms with Gasteiger partial charge in [0, 0.05) is 30.6 Å². The topological polar surface area (TPSA) is 50.2 Å². The monoisotopic (exact) mass is 430 g/mol. The van der Waals surface area contributed by atoms with Gasteiger partial charge in [0.1, 0.15) is 4.83 Å². The first-order chi connectivity index (χ1) is 13.6. The van der Waals surface area contributed by atoms with Gasteiger partial charge >= 0.3 is 0 Å². The van der Waals surface area contributed by atoms with Crippen LogP contribution >= 0.6 is 23.7 Å². The van der Waals surface area contributed by atoms with E-state index in [1.807, 2.05) is 47.8 Å². The lowest BCUT2D eigenvalue weighted by molar-refractivity contribution is 0.0686. The predicted molar refractivity (Wildman–Crippen MR) is 120 cm³/mol. The average Bonchev–Trinajstić information content (AvgIpc) is 3.37. The van der Waals surface area contributed by atoms with Crippen molar-refractivity contribution in [2.24, 2.45) is 0 Å². The summed E-state index contributed by atoms with van der Waals surface area (Å²) in [6, 6.07) is 13.9. The van der Waals surface area contributed by atoms with Gasteiger partial charge in [-0.3, -0.25) is 9.48 Å².